The minimum atomic E-state index is -1.23. The summed E-state index contributed by atoms with van der Waals surface area (Å²) in [5.74, 6) is 0.631. The van der Waals surface area contributed by atoms with E-state index in [1.807, 2.05) is 31.5 Å². The number of aromatic nitrogens is 4. The Kier molecular flexibility index (Phi) is 6.70. The van der Waals surface area contributed by atoms with Crippen LogP contribution in [0.5, 0.6) is 0 Å². The first kappa shape index (κ1) is 23.2. The Hall–Kier alpha value is -2.46. The average molecular weight is 440 g/mol. The number of thiol groups is 1. The van der Waals surface area contributed by atoms with E-state index < -0.39 is 11.1 Å². The van der Waals surface area contributed by atoms with Crippen molar-refractivity contribution >= 4 is 23.8 Å². The van der Waals surface area contributed by atoms with Crippen molar-refractivity contribution in [1.29, 1.82) is 5.26 Å². The van der Waals surface area contributed by atoms with Crippen molar-refractivity contribution < 1.29 is 4.39 Å². The number of alkyl halides is 1. The fraction of sp³-hybridized carbons (Fsp3) is 0.500. The Bertz CT molecular complexity index is 1120. The molecule has 164 valence electrons. The summed E-state index contributed by atoms with van der Waals surface area (Å²) in [6.07, 6.45) is 7.41. The number of hydrogen-bond donors (Lipinski definition) is 1. The molecule has 2 aliphatic carbocycles. The standard InChI is InChI=1S/C19H16FN5S.C3H8.C2H6/c1-25-16-13(6-12(9-23-16)19(20)4-5-19)24-17(25)15-14(26)7-11(8-22-15)18(10-21)2-3-18;1-3-2;1-2/h6-9,26H,2-5H2,1H3;3H2,1-2H3;1-2H3. The molecule has 0 aliphatic heterocycles. The molecule has 0 unspecified atom stereocenters. The smallest absolute Gasteiger partial charge is 0.161 e. The molecule has 0 spiro atoms. The second-order valence-corrected chi connectivity index (χ2v) is 8.50. The van der Waals surface area contributed by atoms with Gasteiger partial charge in [-0.15, -0.1) is 12.6 Å². The Morgan fingerprint density at radius 2 is 1.71 bits per heavy atom. The fourth-order valence-corrected chi connectivity index (χ4v) is 3.71. The maximum atomic E-state index is 14.3. The lowest BCUT2D eigenvalue weighted by molar-refractivity contribution is 0.317. The van der Waals surface area contributed by atoms with Crippen LogP contribution < -0.4 is 0 Å². The van der Waals surface area contributed by atoms with E-state index in [-0.39, 0.29) is 0 Å². The fourth-order valence-electron chi connectivity index (χ4n) is 3.41. The van der Waals surface area contributed by atoms with Crippen molar-refractivity contribution in [1.82, 2.24) is 19.5 Å². The molecule has 0 saturated heterocycles. The van der Waals surface area contributed by atoms with Gasteiger partial charge in [-0.05, 0) is 43.4 Å². The molecule has 0 amide bonds. The van der Waals surface area contributed by atoms with E-state index in [2.05, 4.69) is 47.5 Å². The summed E-state index contributed by atoms with van der Waals surface area (Å²) < 4.78 is 16.2. The molecular weight excluding hydrogens is 409 g/mol. The van der Waals surface area contributed by atoms with Crippen molar-refractivity contribution in [3.05, 3.63) is 35.7 Å². The molecule has 5 nitrogen and oxygen atoms in total. The first-order valence-electron chi connectivity index (χ1n) is 11.0. The van der Waals surface area contributed by atoms with Gasteiger partial charge in [0.1, 0.15) is 16.9 Å². The molecule has 3 aromatic heterocycles. The van der Waals surface area contributed by atoms with Gasteiger partial charge in [0.2, 0.25) is 0 Å². The average Bonchev–Trinajstić information content (AvgIpc) is 3.70. The van der Waals surface area contributed by atoms with E-state index in [0.29, 0.717) is 46.0 Å². The van der Waals surface area contributed by atoms with Gasteiger partial charge in [0.25, 0.3) is 0 Å². The largest absolute Gasteiger partial charge is 0.310 e. The molecule has 7 heteroatoms. The van der Waals surface area contributed by atoms with Crippen LogP contribution in [0.25, 0.3) is 22.7 Å². The van der Waals surface area contributed by atoms with Crippen molar-refractivity contribution in [2.75, 3.05) is 0 Å². The molecular formula is C24H30FN5S. The van der Waals surface area contributed by atoms with Gasteiger partial charge in [0, 0.05) is 29.9 Å². The second-order valence-electron chi connectivity index (χ2n) is 8.02. The highest BCUT2D eigenvalue weighted by molar-refractivity contribution is 7.80. The predicted molar refractivity (Wildman–Crippen MR) is 125 cm³/mol. The Morgan fingerprint density at radius 1 is 1.10 bits per heavy atom. The summed E-state index contributed by atoms with van der Waals surface area (Å²) in [5, 5.41) is 9.37. The summed E-state index contributed by atoms with van der Waals surface area (Å²) in [4.78, 5) is 14.2. The van der Waals surface area contributed by atoms with Crippen LogP contribution in [0, 0.1) is 11.3 Å². The van der Waals surface area contributed by atoms with Crippen molar-refractivity contribution in [2.45, 2.75) is 75.8 Å². The SMILES string of the molecule is CC.CCC.Cn1c(-c2ncc(C3(C#N)CC3)cc2S)nc2cc(C3(F)CC3)cnc21. The summed E-state index contributed by atoms with van der Waals surface area (Å²) in [6, 6.07) is 6.06. The van der Waals surface area contributed by atoms with Crippen LogP contribution in [-0.2, 0) is 18.1 Å². The highest BCUT2D eigenvalue weighted by atomic mass is 32.1. The number of aryl methyl sites for hydroxylation is 1. The van der Waals surface area contributed by atoms with Crippen LogP contribution in [0.3, 0.4) is 0 Å². The number of nitrogens with zero attached hydrogens (tertiary/aromatic N) is 5. The third kappa shape index (κ3) is 4.31. The van der Waals surface area contributed by atoms with Gasteiger partial charge in [-0.3, -0.25) is 4.98 Å². The number of imidazole rings is 1. The van der Waals surface area contributed by atoms with E-state index in [9.17, 15) is 9.65 Å². The van der Waals surface area contributed by atoms with Crippen LogP contribution in [0.15, 0.2) is 29.4 Å². The summed E-state index contributed by atoms with van der Waals surface area (Å²) in [5.41, 5.74) is 1.83. The molecule has 0 aromatic carbocycles. The molecule has 2 saturated carbocycles. The number of fused-ring (bicyclic) bond motifs is 1. The molecule has 2 aliphatic rings. The molecule has 31 heavy (non-hydrogen) atoms. The van der Waals surface area contributed by atoms with Crippen molar-refractivity contribution in [2.24, 2.45) is 7.05 Å². The van der Waals surface area contributed by atoms with Crippen molar-refractivity contribution in [3.63, 3.8) is 0 Å². The van der Waals surface area contributed by atoms with Gasteiger partial charge in [-0.25, -0.2) is 14.4 Å². The molecule has 3 heterocycles. The zero-order chi connectivity index (χ0) is 22.8. The normalized spacial score (nSPS) is 17.0. The van der Waals surface area contributed by atoms with Gasteiger partial charge in [-0.1, -0.05) is 34.1 Å². The zero-order valence-corrected chi connectivity index (χ0v) is 19.8. The number of halogens is 1. The highest BCUT2D eigenvalue weighted by Crippen LogP contribution is 2.50. The van der Waals surface area contributed by atoms with Gasteiger partial charge in [0.05, 0.1) is 11.5 Å². The first-order chi connectivity index (χ1) is 14.9. The second kappa shape index (κ2) is 8.96. The van der Waals surface area contributed by atoms with Gasteiger partial charge < -0.3 is 4.57 Å². The summed E-state index contributed by atoms with van der Waals surface area (Å²) >= 11 is 4.58. The Morgan fingerprint density at radius 3 is 2.23 bits per heavy atom. The minimum Gasteiger partial charge on any atom is -0.310 e. The van der Waals surface area contributed by atoms with Crippen LogP contribution in [0.2, 0.25) is 0 Å². The van der Waals surface area contributed by atoms with Crippen LogP contribution in [-0.4, -0.2) is 19.5 Å². The molecule has 0 atom stereocenters. The summed E-state index contributed by atoms with van der Waals surface area (Å²) in [7, 11) is 1.86. The minimum absolute atomic E-state index is 0.397. The topological polar surface area (TPSA) is 67.4 Å². The van der Waals surface area contributed by atoms with Crippen LogP contribution >= 0.6 is 12.6 Å². The van der Waals surface area contributed by atoms with Gasteiger partial charge in [-0.2, -0.15) is 5.26 Å². The third-order valence-electron chi connectivity index (χ3n) is 5.51. The lowest BCUT2D eigenvalue weighted by Gasteiger charge is -2.09. The van der Waals surface area contributed by atoms with E-state index in [1.165, 1.54) is 6.42 Å². The zero-order valence-electron chi connectivity index (χ0n) is 18.9. The maximum Gasteiger partial charge on any atom is 0.161 e. The first-order valence-corrected chi connectivity index (χ1v) is 11.4. The molecule has 0 radical (unpaired) electrons. The molecule has 3 aromatic rings. The Labute approximate surface area is 189 Å². The third-order valence-corrected chi connectivity index (χ3v) is 5.85. The quantitative estimate of drug-likeness (QED) is 0.488. The monoisotopic (exact) mass is 439 g/mol. The summed E-state index contributed by atoms with van der Waals surface area (Å²) in [6.45, 7) is 8.25. The number of rotatable bonds is 3. The predicted octanol–water partition coefficient (Wildman–Crippen LogP) is 6.28. The van der Waals surface area contributed by atoms with Crippen molar-refractivity contribution in [3.8, 4) is 17.6 Å². The maximum absolute atomic E-state index is 14.3. The van der Waals surface area contributed by atoms with E-state index in [1.54, 1.807) is 18.5 Å². The molecule has 2 fully saturated rings. The molecule has 0 N–H and O–H groups in total. The Balaban J connectivity index is 0.000000504. The van der Waals surface area contributed by atoms with E-state index >= 15 is 0 Å². The number of hydrogen-bond acceptors (Lipinski definition) is 5. The van der Waals surface area contributed by atoms with Gasteiger partial charge >= 0.3 is 0 Å². The van der Waals surface area contributed by atoms with Crippen LogP contribution in [0.1, 0.15) is 70.9 Å². The molecule has 5 rings (SSSR count). The van der Waals surface area contributed by atoms with E-state index in [4.69, 9.17) is 0 Å². The van der Waals surface area contributed by atoms with Crippen LogP contribution in [0.4, 0.5) is 4.39 Å². The molecule has 0 bridgehead atoms. The lowest BCUT2D eigenvalue weighted by atomic mass is 9.99. The number of nitriles is 1. The number of pyridine rings is 2. The highest BCUT2D eigenvalue weighted by Gasteiger charge is 2.46. The van der Waals surface area contributed by atoms with Gasteiger partial charge in [0.15, 0.2) is 11.5 Å². The van der Waals surface area contributed by atoms with E-state index in [0.717, 1.165) is 18.4 Å². The lowest BCUT2D eigenvalue weighted by Crippen LogP contribution is -2.05.